The van der Waals surface area contributed by atoms with Crippen molar-refractivity contribution in [3.63, 3.8) is 0 Å². The minimum atomic E-state index is -1.70. The van der Waals surface area contributed by atoms with Crippen molar-refractivity contribution in [1.29, 1.82) is 0 Å². The highest BCUT2D eigenvalue weighted by Crippen LogP contribution is 1.95. The minimum absolute atomic E-state index is 0.298. The quantitative estimate of drug-likeness (QED) is 0.451. The Morgan fingerprint density at radius 1 is 0.800 bits per heavy atom. The highest BCUT2D eigenvalue weighted by molar-refractivity contribution is 7.79. The number of unbranched alkanes of at least 4 members (excludes halogenated alkanes) is 2. The standard InChI is InChI=1S/C8H18O5S2/c9-14(10)7-3-1-5-13-6-2-4-8-15(11)12/h1-8H2,(H,9,10)(H,11,12). The highest BCUT2D eigenvalue weighted by Gasteiger charge is 1.96. The topological polar surface area (TPSA) is 83.8 Å². The van der Waals surface area contributed by atoms with Gasteiger partial charge in [-0.25, -0.2) is 8.42 Å². The fourth-order valence-corrected chi connectivity index (χ4v) is 1.86. The molecule has 0 fully saturated rings. The summed E-state index contributed by atoms with van der Waals surface area (Å²) in [6.45, 7) is 1.17. The zero-order chi connectivity index (χ0) is 11.5. The van der Waals surface area contributed by atoms with Crippen molar-refractivity contribution < 1.29 is 22.3 Å². The molecule has 0 aromatic heterocycles. The first-order chi connectivity index (χ1) is 7.13. The maximum Gasteiger partial charge on any atom is 0.152 e. The van der Waals surface area contributed by atoms with Crippen LogP contribution in [0.2, 0.25) is 0 Å². The van der Waals surface area contributed by atoms with Crippen LogP contribution in [0, 0.1) is 0 Å². The van der Waals surface area contributed by atoms with Crippen LogP contribution in [0.3, 0.4) is 0 Å². The second kappa shape index (κ2) is 10.7. The first-order valence-corrected chi connectivity index (χ1v) is 7.40. The molecule has 0 aliphatic heterocycles. The molecule has 0 saturated carbocycles. The molecule has 0 spiro atoms. The Balaban J connectivity index is 2.99. The lowest BCUT2D eigenvalue weighted by Crippen LogP contribution is -2.02. The number of ether oxygens (including phenoxy) is 1. The van der Waals surface area contributed by atoms with Crippen LogP contribution >= 0.6 is 0 Å². The zero-order valence-electron chi connectivity index (χ0n) is 8.59. The molecular weight excluding hydrogens is 240 g/mol. The van der Waals surface area contributed by atoms with E-state index in [1.54, 1.807) is 0 Å². The van der Waals surface area contributed by atoms with Crippen molar-refractivity contribution in [2.75, 3.05) is 24.7 Å². The van der Waals surface area contributed by atoms with Gasteiger partial charge in [-0.1, -0.05) is 0 Å². The van der Waals surface area contributed by atoms with Gasteiger partial charge in [0, 0.05) is 24.7 Å². The largest absolute Gasteiger partial charge is 0.381 e. The SMILES string of the molecule is O=S(O)CCCCOCCCCS(=O)O. The van der Waals surface area contributed by atoms with Gasteiger partial charge in [-0.3, -0.25) is 0 Å². The van der Waals surface area contributed by atoms with Crippen LogP contribution < -0.4 is 0 Å². The number of hydrogen-bond acceptors (Lipinski definition) is 3. The average Bonchev–Trinajstić information content (AvgIpc) is 2.14. The molecule has 0 aliphatic carbocycles. The van der Waals surface area contributed by atoms with E-state index in [9.17, 15) is 8.42 Å². The van der Waals surface area contributed by atoms with E-state index in [2.05, 4.69) is 0 Å². The van der Waals surface area contributed by atoms with Gasteiger partial charge in [-0.05, 0) is 25.7 Å². The Hall–Kier alpha value is 0.180. The maximum atomic E-state index is 10.3. The van der Waals surface area contributed by atoms with E-state index in [-0.39, 0.29) is 0 Å². The molecule has 2 N–H and O–H groups in total. The minimum Gasteiger partial charge on any atom is -0.381 e. The predicted molar refractivity (Wildman–Crippen MR) is 60.6 cm³/mol. The summed E-state index contributed by atoms with van der Waals surface area (Å²) in [4.78, 5) is 0. The fraction of sp³-hybridized carbons (Fsp3) is 1.00. The van der Waals surface area contributed by atoms with Crippen LogP contribution in [0.1, 0.15) is 25.7 Å². The van der Waals surface area contributed by atoms with Crippen LogP contribution in [-0.2, 0) is 26.9 Å². The molecule has 0 radical (unpaired) electrons. The second-order valence-electron chi connectivity index (χ2n) is 3.08. The summed E-state index contributed by atoms with van der Waals surface area (Å²) in [6.07, 6.45) is 2.92. The van der Waals surface area contributed by atoms with E-state index in [0.29, 0.717) is 37.6 Å². The molecule has 0 bridgehead atoms. The first kappa shape index (κ1) is 15.2. The third-order valence-corrected chi connectivity index (χ3v) is 2.99. The van der Waals surface area contributed by atoms with E-state index < -0.39 is 22.2 Å². The molecule has 92 valence electrons. The molecule has 7 heteroatoms. The number of hydrogen-bond donors (Lipinski definition) is 2. The van der Waals surface area contributed by atoms with Crippen molar-refractivity contribution in [3.8, 4) is 0 Å². The third kappa shape index (κ3) is 14.2. The molecule has 2 atom stereocenters. The lowest BCUT2D eigenvalue weighted by Gasteiger charge is -2.02. The fourth-order valence-electron chi connectivity index (χ4n) is 0.961. The molecule has 15 heavy (non-hydrogen) atoms. The first-order valence-electron chi connectivity index (χ1n) is 4.85. The highest BCUT2D eigenvalue weighted by atomic mass is 32.2. The van der Waals surface area contributed by atoms with Crippen LogP contribution in [0.4, 0.5) is 0 Å². The summed E-state index contributed by atoms with van der Waals surface area (Å²) < 4.78 is 42.7. The van der Waals surface area contributed by atoms with Gasteiger partial charge < -0.3 is 13.8 Å². The van der Waals surface area contributed by atoms with Gasteiger partial charge in [-0.2, -0.15) is 0 Å². The Labute approximate surface area is 95.2 Å². The number of rotatable bonds is 10. The van der Waals surface area contributed by atoms with E-state index in [0.717, 1.165) is 12.8 Å². The lowest BCUT2D eigenvalue weighted by atomic mass is 10.3. The Morgan fingerprint density at radius 2 is 1.20 bits per heavy atom. The summed E-state index contributed by atoms with van der Waals surface area (Å²) in [5, 5.41) is 0. The average molecular weight is 258 g/mol. The molecule has 0 aliphatic rings. The summed E-state index contributed by atoms with van der Waals surface area (Å²) in [6, 6.07) is 0. The van der Waals surface area contributed by atoms with Crippen molar-refractivity contribution in [2.24, 2.45) is 0 Å². The van der Waals surface area contributed by atoms with Crippen molar-refractivity contribution >= 4 is 22.2 Å². The van der Waals surface area contributed by atoms with Gasteiger partial charge in [0.15, 0.2) is 22.2 Å². The van der Waals surface area contributed by atoms with Gasteiger partial charge in [0.1, 0.15) is 0 Å². The van der Waals surface area contributed by atoms with Crippen LogP contribution in [0.25, 0.3) is 0 Å². The summed E-state index contributed by atoms with van der Waals surface area (Å²) >= 11 is -3.40. The maximum absolute atomic E-state index is 10.3. The van der Waals surface area contributed by atoms with Gasteiger partial charge in [0.25, 0.3) is 0 Å². The van der Waals surface area contributed by atoms with E-state index in [4.69, 9.17) is 13.8 Å². The lowest BCUT2D eigenvalue weighted by molar-refractivity contribution is 0.128. The van der Waals surface area contributed by atoms with Crippen molar-refractivity contribution in [3.05, 3.63) is 0 Å². The molecule has 0 heterocycles. The monoisotopic (exact) mass is 258 g/mol. The smallest absolute Gasteiger partial charge is 0.152 e. The molecule has 0 amide bonds. The van der Waals surface area contributed by atoms with Gasteiger partial charge in [-0.15, -0.1) is 0 Å². The molecule has 0 saturated heterocycles. The Bertz CT molecular complexity index is 177. The summed E-state index contributed by atoms with van der Waals surface area (Å²) in [5.41, 5.74) is 0. The normalized spacial score (nSPS) is 15.1. The van der Waals surface area contributed by atoms with E-state index in [1.807, 2.05) is 0 Å². The molecule has 5 nitrogen and oxygen atoms in total. The van der Waals surface area contributed by atoms with Crippen LogP contribution in [0.5, 0.6) is 0 Å². The van der Waals surface area contributed by atoms with Gasteiger partial charge in [0.2, 0.25) is 0 Å². The van der Waals surface area contributed by atoms with Crippen molar-refractivity contribution in [1.82, 2.24) is 0 Å². The van der Waals surface area contributed by atoms with Crippen LogP contribution in [0.15, 0.2) is 0 Å². The molecule has 0 aromatic carbocycles. The molecule has 2 unspecified atom stereocenters. The van der Waals surface area contributed by atoms with Gasteiger partial charge >= 0.3 is 0 Å². The molecular formula is C8H18O5S2. The van der Waals surface area contributed by atoms with Crippen molar-refractivity contribution in [2.45, 2.75) is 25.7 Å². The van der Waals surface area contributed by atoms with Crippen LogP contribution in [-0.4, -0.2) is 42.2 Å². The predicted octanol–water partition coefficient (Wildman–Crippen LogP) is 1.01. The second-order valence-corrected chi connectivity index (χ2v) is 5.18. The third-order valence-electron chi connectivity index (χ3n) is 1.72. The molecule has 0 rings (SSSR count). The summed E-state index contributed by atoms with van der Waals surface area (Å²) in [7, 11) is 0. The van der Waals surface area contributed by atoms with E-state index in [1.165, 1.54) is 0 Å². The Kier molecular flexibility index (Phi) is 10.8. The summed E-state index contributed by atoms with van der Waals surface area (Å²) in [5.74, 6) is 0.597. The Morgan fingerprint density at radius 3 is 1.53 bits per heavy atom. The zero-order valence-corrected chi connectivity index (χ0v) is 10.2. The molecule has 0 aromatic rings. The van der Waals surface area contributed by atoms with Gasteiger partial charge in [0.05, 0.1) is 0 Å². The van der Waals surface area contributed by atoms with E-state index >= 15 is 0 Å².